The van der Waals surface area contributed by atoms with Crippen LogP contribution in [0.15, 0.2) is 34.2 Å². The van der Waals surface area contributed by atoms with E-state index in [0.717, 1.165) is 42.5 Å². The Morgan fingerprint density at radius 1 is 1.25 bits per heavy atom. The summed E-state index contributed by atoms with van der Waals surface area (Å²) >= 11 is 1.83. The van der Waals surface area contributed by atoms with E-state index in [2.05, 4.69) is 15.2 Å². The normalized spacial score (nSPS) is 14.6. The van der Waals surface area contributed by atoms with Crippen molar-refractivity contribution in [3.63, 3.8) is 0 Å². The number of aryl methyl sites for hydroxylation is 2. The van der Waals surface area contributed by atoms with E-state index in [1.807, 2.05) is 30.5 Å². The maximum atomic E-state index is 11.5. The molecule has 0 radical (unpaired) electrons. The van der Waals surface area contributed by atoms with Crippen LogP contribution in [0.25, 0.3) is 0 Å². The van der Waals surface area contributed by atoms with E-state index in [1.54, 1.807) is 19.2 Å². The number of sulfone groups is 1. The van der Waals surface area contributed by atoms with Gasteiger partial charge in [0.1, 0.15) is 5.01 Å². The van der Waals surface area contributed by atoms with Gasteiger partial charge in [-0.1, -0.05) is 12.1 Å². The lowest BCUT2D eigenvalue weighted by Gasteiger charge is -2.21. The van der Waals surface area contributed by atoms with Gasteiger partial charge in [-0.3, -0.25) is 4.99 Å². The molecule has 0 spiro atoms. The van der Waals surface area contributed by atoms with E-state index < -0.39 is 9.84 Å². The van der Waals surface area contributed by atoms with Crippen LogP contribution in [0, 0.1) is 0 Å². The number of aromatic nitrogens is 1. The zero-order valence-electron chi connectivity index (χ0n) is 16.7. The molecule has 0 amide bonds. The minimum Gasteiger partial charge on any atom is -0.356 e. The summed E-state index contributed by atoms with van der Waals surface area (Å²) in [4.78, 5) is 13.1. The highest BCUT2D eigenvalue weighted by Gasteiger charge is 2.16. The fourth-order valence-corrected chi connectivity index (χ4v) is 5.20. The summed E-state index contributed by atoms with van der Waals surface area (Å²) in [5.41, 5.74) is 2.38. The molecule has 6 nitrogen and oxygen atoms in total. The number of nitrogens with zero attached hydrogens (tertiary/aromatic N) is 3. The SMILES string of the molecule is CN=C(NCCc1ccc(S(C)(=O)=O)cc1)N(C)Cc1nc2c(s1)CCCC2. The largest absolute Gasteiger partial charge is 0.356 e. The van der Waals surface area contributed by atoms with Crippen LogP contribution in [0.2, 0.25) is 0 Å². The molecule has 28 heavy (non-hydrogen) atoms. The fraction of sp³-hybridized carbons (Fsp3) is 0.500. The van der Waals surface area contributed by atoms with Crippen LogP contribution in [0.4, 0.5) is 0 Å². The second-order valence-electron chi connectivity index (χ2n) is 7.18. The lowest BCUT2D eigenvalue weighted by molar-refractivity contribution is 0.475. The highest BCUT2D eigenvalue weighted by molar-refractivity contribution is 7.90. The average Bonchev–Trinajstić information content (AvgIpc) is 3.07. The summed E-state index contributed by atoms with van der Waals surface area (Å²) < 4.78 is 23.1. The summed E-state index contributed by atoms with van der Waals surface area (Å²) in [6.45, 7) is 1.48. The van der Waals surface area contributed by atoms with Crippen LogP contribution in [-0.2, 0) is 35.6 Å². The monoisotopic (exact) mass is 420 g/mol. The first-order valence-corrected chi connectivity index (χ1v) is 12.3. The number of rotatable bonds is 6. The first-order chi connectivity index (χ1) is 13.4. The highest BCUT2D eigenvalue weighted by atomic mass is 32.2. The Morgan fingerprint density at radius 3 is 2.61 bits per heavy atom. The number of nitrogens with one attached hydrogen (secondary N) is 1. The van der Waals surface area contributed by atoms with Crippen LogP contribution < -0.4 is 5.32 Å². The molecule has 0 atom stereocenters. The zero-order valence-corrected chi connectivity index (χ0v) is 18.4. The van der Waals surface area contributed by atoms with Crippen molar-refractivity contribution in [1.82, 2.24) is 15.2 Å². The predicted octanol–water partition coefficient (Wildman–Crippen LogP) is 2.68. The minimum absolute atomic E-state index is 0.353. The second kappa shape index (κ2) is 9.05. The molecule has 1 aromatic carbocycles. The van der Waals surface area contributed by atoms with Gasteiger partial charge in [-0.15, -0.1) is 11.3 Å². The molecule has 0 unspecified atom stereocenters. The van der Waals surface area contributed by atoms with Gasteiger partial charge in [0, 0.05) is 31.8 Å². The molecule has 0 aliphatic heterocycles. The molecule has 152 valence electrons. The first-order valence-electron chi connectivity index (χ1n) is 9.55. The van der Waals surface area contributed by atoms with Gasteiger partial charge in [-0.25, -0.2) is 13.4 Å². The van der Waals surface area contributed by atoms with Crippen molar-refractivity contribution in [3.05, 3.63) is 45.4 Å². The third kappa shape index (κ3) is 5.32. The first kappa shape index (κ1) is 20.8. The van der Waals surface area contributed by atoms with Crippen LogP contribution in [0.3, 0.4) is 0 Å². The molecule has 0 saturated heterocycles. The van der Waals surface area contributed by atoms with Crippen molar-refractivity contribution in [1.29, 1.82) is 0 Å². The molecule has 1 N–H and O–H groups in total. The Bertz CT molecular complexity index is 910. The number of thiazole rings is 1. The van der Waals surface area contributed by atoms with Gasteiger partial charge in [-0.05, 0) is 49.8 Å². The molecular formula is C20H28N4O2S2. The number of benzene rings is 1. The number of hydrogen-bond donors (Lipinski definition) is 1. The molecule has 1 aliphatic carbocycles. The van der Waals surface area contributed by atoms with Crippen molar-refractivity contribution < 1.29 is 8.42 Å². The molecule has 0 saturated carbocycles. The van der Waals surface area contributed by atoms with E-state index >= 15 is 0 Å². The summed E-state index contributed by atoms with van der Waals surface area (Å²) in [5, 5.41) is 4.53. The second-order valence-corrected chi connectivity index (χ2v) is 10.4. The Kier molecular flexibility index (Phi) is 6.72. The summed E-state index contributed by atoms with van der Waals surface area (Å²) in [5.74, 6) is 0.834. The zero-order chi connectivity index (χ0) is 20.1. The smallest absolute Gasteiger partial charge is 0.193 e. The lowest BCUT2D eigenvalue weighted by Crippen LogP contribution is -2.39. The van der Waals surface area contributed by atoms with E-state index in [9.17, 15) is 8.42 Å². The molecule has 1 aliphatic rings. The van der Waals surface area contributed by atoms with Gasteiger partial charge in [0.05, 0.1) is 17.1 Å². The Morgan fingerprint density at radius 2 is 1.96 bits per heavy atom. The van der Waals surface area contributed by atoms with Gasteiger partial charge in [-0.2, -0.15) is 0 Å². The van der Waals surface area contributed by atoms with Crippen LogP contribution >= 0.6 is 11.3 Å². The molecule has 3 rings (SSSR count). The quantitative estimate of drug-likeness (QED) is 0.574. The molecular weight excluding hydrogens is 392 g/mol. The molecule has 0 fully saturated rings. The van der Waals surface area contributed by atoms with Crippen molar-refractivity contribution in [2.45, 2.75) is 43.5 Å². The maximum Gasteiger partial charge on any atom is 0.193 e. The van der Waals surface area contributed by atoms with E-state index in [0.29, 0.717) is 4.90 Å². The van der Waals surface area contributed by atoms with Crippen molar-refractivity contribution in [2.75, 3.05) is 26.9 Å². The molecule has 1 heterocycles. The number of hydrogen-bond acceptors (Lipinski definition) is 5. The standard InChI is InChI=1S/C20H28N4O2S2/c1-21-20(22-13-12-15-8-10-16(11-9-15)28(3,25)26)24(2)14-19-23-17-6-4-5-7-18(17)27-19/h8-11H,4-7,12-14H2,1-3H3,(H,21,22). The van der Waals surface area contributed by atoms with Gasteiger partial charge in [0.2, 0.25) is 0 Å². The van der Waals surface area contributed by atoms with Crippen molar-refractivity contribution in [3.8, 4) is 0 Å². The van der Waals surface area contributed by atoms with Gasteiger partial charge < -0.3 is 10.2 Å². The van der Waals surface area contributed by atoms with Crippen LogP contribution in [0.5, 0.6) is 0 Å². The average molecular weight is 421 g/mol. The minimum atomic E-state index is -3.15. The summed E-state index contributed by atoms with van der Waals surface area (Å²) in [6.07, 6.45) is 6.83. The van der Waals surface area contributed by atoms with Crippen molar-refractivity contribution >= 4 is 27.1 Å². The third-order valence-electron chi connectivity index (χ3n) is 4.88. The molecule has 0 bridgehead atoms. The summed E-state index contributed by atoms with van der Waals surface area (Å²) in [6, 6.07) is 7.06. The number of aliphatic imine (C=N–C) groups is 1. The molecule has 1 aromatic heterocycles. The van der Waals surface area contributed by atoms with Gasteiger partial charge >= 0.3 is 0 Å². The van der Waals surface area contributed by atoms with Gasteiger partial charge in [0.15, 0.2) is 15.8 Å². The number of guanidine groups is 1. The van der Waals surface area contributed by atoms with Gasteiger partial charge in [0.25, 0.3) is 0 Å². The number of fused-ring (bicyclic) bond motifs is 1. The van der Waals surface area contributed by atoms with Crippen LogP contribution in [-0.4, -0.2) is 51.2 Å². The van der Waals surface area contributed by atoms with Crippen molar-refractivity contribution in [2.24, 2.45) is 4.99 Å². The Hall–Kier alpha value is -1.93. The highest BCUT2D eigenvalue weighted by Crippen LogP contribution is 2.27. The Balaban J connectivity index is 1.52. The summed E-state index contributed by atoms with van der Waals surface area (Å²) in [7, 11) is 0.662. The fourth-order valence-electron chi connectivity index (χ4n) is 3.36. The Labute approximate surface area is 171 Å². The van der Waals surface area contributed by atoms with E-state index in [-0.39, 0.29) is 0 Å². The molecule has 2 aromatic rings. The lowest BCUT2D eigenvalue weighted by atomic mass is 10.0. The van der Waals surface area contributed by atoms with E-state index in [4.69, 9.17) is 4.98 Å². The van der Waals surface area contributed by atoms with E-state index in [1.165, 1.54) is 36.1 Å². The third-order valence-corrected chi connectivity index (χ3v) is 7.15. The topological polar surface area (TPSA) is 74.7 Å². The molecule has 8 heteroatoms. The maximum absolute atomic E-state index is 11.5. The predicted molar refractivity (Wildman–Crippen MR) is 115 cm³/mol. The van der Waals surface area contributed by atoms with Crippen LogP contribution in [0.1, 0.15) is 34.0 Å².